The number of nitrogens with zero attached hydrogens (tertiary/aromatic N) is 3. The maximum atomic E-state index is 10.5. The second-order valence-corrected chi connectivity index (χ2v) is 5.38. The summed E-state index contributed by atoms with van der Waals surface area (Å²) in [6.45, 7) is 6.00. The number of aliphatic hydroxyl groups is 1. The molecule has 18 heavy (non-hydrogen) atoms. The van der Waals surface area contributed by atoms with Gasteiger partial charge in [0, 0.05) is 12.2 Å². The molecule has 0 aliphatic carbocycles. The molecular weight excluding hydrogens is 294 g/mol. The van der Waals surface area contributed by atoms with E-state index in [0.29, 0.717) is 5.69 Å². The number of pyridine rings is 1. The van der Waals surface area contributed by atoms with Crippen molar-refractivity contribution in [3.63, 3.8) is 0 Å². The number of aryl methyl sites for hydroxylation is 1. The molecule has 2 aromatic rings. The van der Waals surface area contributed by atoms with E-state index in [-0.39, 0.29) is 6.04 Å². The van der Waals surface area contributed by atoms with E-state index in [9.17, 15) is 5.11 Å². The Hall–Kier alpha value is -1.20. The Morgan fingerprint density at radius 1 is 1.39 bits per heavy atom. The van der Waals surface area contributed by atoms with Crippen molar-refractivity contribution in [2.24, 2.45) is 0 Å². The summed E-state index contributed by atoms with van der Waals surface area (Å²) in [5.41, 5.74) is 2.38. The van der Waals surface area contributed by atoms with Crippen LogP contribution in [0.15, 0.2) is 29.0 Å². The van der Waals surface area contributed by atoms with Crippen LogP contribution in [0.3, 0.4) is 0 Å². The van der Waals surface area contributed by atoms with Gasteiger partial charge in [0.15, 0.2) is 0 Å². The van der Waals surface area contributed by atoms with Crippen LogP contribution in [0.4, 0.5) is 0 Å². The van der Waals surface area contributed by atoms with Crippen LogP contribution in [0.5, 0.6) is 0 Å². The van der Waals surface area contributed by atoms with Gasteiger partial charge in [0.1, 0.15) is 6.10 Å². The summed E-state index contributed by atoms with van der Waals surface area (Å²) < 4.78 is 2.61. The molecule has 0 aliphatic rings. The van der Waals surface area contributed by atoms with Crippen molar-refractivity contribution in [1.82, 2.24) is 14.8 Å². The lowest BCUT2D eigenvalue weighted by atomic mass is 10.1. The number of aliphatic hydroxyl groups excluding tert-OH is 1. The van der Waals surface area contributed by atoms with E-state index >= 15 is 0 Å². The van der Waals surface area contributed by atoms with Gasteiger partial charge in [0.05, 0.1) is 22.1 Å². The maximum Gasteiger partial charge on any atom is 0.139 e. The van der Waals surface area contributed by atoms with Crippen molar-refractivity contribution in [2.75, 3.05) is 0 Å². The van der Waals surface area contributed by atoms with E-state index in [2.05, 4.69) is 26.0 Å². The minimum atomic E-state index is -0.773. The first-order valence-corrected chi connectivity index (χ1v) is 6.64. The molecule has 0 fully saturated rings. The Morgan fingerprint density at radius 2 is 2.11 bits per heavy atom. The van der Waals surface area contributed by atoms with E-state index in [4.69, 9.17) is 0 Å². The van der Waals surface area contributed by atoms with Gasteiger partial charge >= 0.3 is 0 Å². The average molecular weight is 310 g/mol. The van der Waals surface area contributed by atoms with Crippen molar-refractivity contribution in [2.45, 2.75) is 32.9 Å². The predicted octanol–water partition coefficient (Wildman–Crippen LogP) is 3.01. The molecule has 2 aromatic heterocycles. The molecule has 1 unspecified atom stereocenters. The third-order valence-electron chi connectivity index (χ3n) is 2.84. The highest BCUT2D eigenvalue weighted by Gasteiger charge is 2.23. The fourth-order valence-corrected chi connectivity index (χ4v) is 2.42. The SMILES string of the molecule is Cc1cccnc1C(O)c1c(Br)cnn1C(C)C. The van der Waals surface area contributed by atoms with Gasteiger partial charge in [0.2, 0.25) is 0 Å². The van der Waals surface area contributed by atoms with Crippen molar-refractivity contribution in [1.29, 1.82) is 0 Å². The zero-order valence-corrected chi connectivity index (χ0v) is 12.2. The molecule has 5 heteroatoms. The topological polar surface area (TPSA) is 50.9 Å². The van der Waals surface area contributed by atoms with Gasteiger partial charge in [-0.1, -0.05) is 6.07 Å². The normalized spacial score (nSPS) is 13.0. The lowest BCUT2D eigenvalue weighted by Crippen LogP contribution is -2.14. The fraction of sp³-hybridized carbons (Fsp3) is 0.385. The van der Waals surface area contributed by atoms with E-state index in [1.165, 1.54) is 0 Å². The smallest absolute Gasteiger partial charge is 0.139 e. The highest BCUT2D eigenvalue weighted by atomic mass is 79.9. The third kappa shape index (κ3) is 2.33. The van der Waals surface area contributed by atoms with Gasteiger partial charge < -0.3 is 5.11 Å². The summed E-state index contributed by atoms with van der Waals surface area (Å²) in [5, 5.41) is 14.8. The van der Waals surface area contributed by atoms with Crippen molar-refractivity contribution in [3.05, 3.63) is 46.0 Å². The van der Waals surface area contributed by atoms with Crippen LogP contribution < -0.4 is 0 Å². The molecule has 2 rings (SSSR count). The molecule has 1 N–H and O–H groups in total. The molecule has 0 bridgehead atoms. The minimum absolute atomic E-state index is 0.185. The Balaban J connectivity index is 2.49. The molecule has 4 nitrogen and oxygen atoms in total. The standard InChI is InChI=1S/C13H16BrN3O/c1-8(2)17-12(10(14)7-16-17)13(18)11-9(3)5-4-6-15-11/h4-8,13,18H,1-3H3. The summed E-state index contributed by atoms with van der Waals surface area (Å²) in [4.78, 5) is 4.26. The number of aromatic nitrogens is 3. The number of halogens is 1. The average Bonchev–Trinajstić information content (AvgIpc) is 2.71. The Bertz CT molecular complexity index is 551. The molecule has 96 valence electrons. The first kappa shape index (κ1) is 13.2. The van der Waals surface area contributed by atoms with Crippen LogP contribution in [0, 0.1) is 6.92 Å². The summed E-state index contributed by atoms with van der Waals surface area (Å²) >= 11 is 3.44. The van der Waals surface area contributed by atoms with Gasteiger partial charge in [-0.15, -0.1) is 0 Å². The van der Waals surface area contributed by atoms with Crippen LogP contribution >= 0.6 is 15.9 Å². The molecule has 0 radical (unpaired) electrons. The first-order chi connectivity index (χ1) is 8.52. The van der Waals surface area contributed by atoms with E-state index in [1.807, 2.05) is 37.6 Å². The van der Waals surface area contributed by atoms with Crippen LogP contribution in [0.1, 0.15) is 42.9 Å². The molecule has 0 spiro atoms. The Labute approximate surface area is 115 Å². The second kappa shape index (κ2) is 5.20. The van der Waals surface area contributed by atoms with Gasteiger partial charge in [-0.3, -0.25) is 9.67 Å². The van der Waals surface area contributed by atoms with Crippen LogP contribution in [-0.4, -0.2) is 19.9 Å². The summed E-state index contributed by atoms with van der Waals surface area (Å²) in [6.07, 6.45) is 2.62. The minimum Gasteiger partial charge on any atom is -0.380 e. The third-order valence-corrected chi connectivity index (χ3v) is 3.46. The molecule has 0 amide bonds. The zero-order chi connectivity index (χ0) is 13.3. The van der Waals surface area contributed by atoms with E-state index < -0.39 is 6.10 Å². The summed E-state index contributed by atoms with van der Waals surface area (Å²) in [6, 6.07) is 3.99. The monoisotopic (exact) mass is 309 g/mol. The predicted molar refractivity (Wildman–Crippen MR) is 73.3 cm³/mol. The van der Waals surface area contributed by atoms with E-state index in [1.54, 1.807) is 12.4 Å². The van der Waals surface area contributed by atoms with Crippen molar-refractivity contribution in [3.8, 4) is 0 Å². The Kier molecular flexibility index (Phi) is 3.82. The van der Waals surface area contributed by atoms with Gasteiger partial charge in [0.25, 0.3) is 0 Å². The lowest BCUT2D eigenvalue weighted by molar-refractivity contribution is 0.198. The molecule has 0 saturated heterocycles. The molecule has 0 aliphatic heterocycles. The Morgan fingerprint density at radius 3 is 2.72 bits per heavy atom. The van der Waals surface area contributed by atoms with Gasteiger partial charge in [-0.2, -0.15) is 5.10 Å². The van der Waals surface area contributed by atoms with Crippen LogP contribution in [0.2, 0.25) is 0 Å². The molecule has 1 atom stereocenters. The summed E-state index contributed by atoms with van der Waals surface area (Å²) in [5.74, 6) is 0. The lowest BCUT2D eigenvalue weighted by Gasteiger charge is -2.17. The van der Waals surface area contributed by atoms with Gasteiger partial charge in [-0.25, -0.2) is 0 Å². The summed E-state index contributed by atoms with van der Waals surface area (Å²) in [7, 11) is 0. The second-order valence-electron chi connectivity index (χ2n) is 4.52. The first-order valence-electron chi connectivity index (χ1n) is 5.85. The van der Waals surface area contributed by atoms with Crippen LogP contribution in [-0.2, 0) is 0 Å². The molecule has 0 saturated carbocycles. The van der Waals surface area contributed by atoms with Crippen LogP contribution in [0.25, 0.3) is 0 Å². The molecule has 2 heterocycles. The highest BCUT2D eigenvalue weighted by Crippen LogP contribution is 2.30. The molecule has 0 aromatic carbocycles. The maximum absolute atomic E-state index is 10.5. The van der Waals surface area contributed by atoms with Gasteiger partial charge in [-0.05, 0) is 48.3 Å². The fourth-order valence-electron chi connectivity index (χ4n) is 1.93. The zero-order valence-electron chi connectivity index (χ0n) is 10.6. The highest BCUT2D eigenvalue weighted by molar-refractivity contribution is 9.10. The van der Waals surface area contributed by atoms with E-state index in [0.717, 1.165) is 15.7 Å². The number of hydrogen-bond donors (Lipinski definition) is 1. The van der Waals surface area contributed by atoms with Crippen molar-refractivity contribution >= 4 is 15.9 Å². The molecular formula is C13H16BrN3O. The number of hydrogen-bond acceptors (Lipinski definition) is 3. The quantitative estimate of drug-likeness (QED) is 0.948. The number of rotatable bonds is 3. The van der Waals surface area contributed by atoms with Crippen molar-refractivity contribution < 1.29 is 5.11 Å². The largest absolute Gasteiger partial charge is 0.380 e.